The molecule has 0 fully saturated rings. The summed E-state index contributed by atoms with van der Waals surface area (Å²) in [6.07, 6.45) is 3.45. The Labute approximate surface area is 157 Å². The summed E-state index contributed by atoms with van der Waals surface area (Å²) in [6, 6.07) is 19.4. The van der Waals surface area contributed by atoms with Gasteiger partial charge in [0, 0.05) is 23.6 Å². The molecule has 1 unspecified atom stereocenters. The van der Waals surface area contributed by atoms with Crippen LogP contribution in [0.4, 0.5) is 0 Å². The van der Waals surface area contributed by atoms with Crippen LogP contribution in [0.3, 0.4) is 0 Å². The molecule has 4 aromatic rings. The fourth-order valence-electron chi connectivity index (χ4n) is 3.26. The highest BCUT2D eigenvalue weighted by Crippen LogP contribution is 2.22. The van der Waals surface area contributed by atoms with Crippen LogP contribution in [0.15, 0.2) is 73.1 Å². The monoisotopic (exact) mass is 356 g/mol. The summed E-state index contributed by atoms with van der Waals surface area (Å²) in [6.45, 7) is 3.93. The molecule has 1 atom stereocenters. The Kier molecular flexibility index (Phi) is 4.42. The first-order valence-corrected chi connectivity index (χ1v) is 8.89. The number of amides is 1. The van der Waals surface area contributed by atoms with Crippen molar-refractivity contribution in [2.75, 3.05) is 0 Å². The van der Waals surface area contributed by atoms with Crippen molar-refractivity contribution in [1.29, 1.82) is 0 Å². The van der Waals surface area contributed by atoms with Crippen LogP contribution >= 0.6 is 0 Å². The van der Waals surface area contributed by atoms with Gasteiger partial charge in [-0.25, -0.2) is 4.98 Å². The van der Waals surface area contributed by atoms with E-state index in [0.29, 0.717) is 5.56 Å². The predicted molar refractivity (Wildman–Crippen MR) is 106 cm³/mol. The predicted octanol–water partition coefficient (Wildman–Crippen LogP) is 4.22. The summed E-state index contributed by atoms with van der Waals surface area (Å²) in [5, 5.41) is 3.03. The van der Waals surface area contributed by atoms with E-state index in [2.05, 4.69) is 19.9 Å². The number of carbonyl (C=O) groups excluding carboxylic acids is 1. The highest BCUT2D eigenvalue weighted by Gasteiger charge is 2.15. The lowest BCUT2D eigenvalue weighted by Crippen LogP contribution is -2.26. The Bertz CT molecular complexity index is 1090. The molecule has 0 spiro atoms. The fourth-order valence-corrected chi connectivity index (χ4v) is 3.26. The van der Waals surface area contributed by atoms with Crippen LogP contribution in [-0.4, -0.2) is 20.4 Å². The molecule has 2 heterocycles. The zero-order valence-electron chi connectivity index (χ0n) is 15.3. The zero-order valence-corrected chi connectivity index (χ0v) is 15.3. The van der Waals surface area contributed by atoms with E-state index in [-0.39, 0.29) is 11.9 Å². The van der Waals surface area contributed by atoms with Crippen LogP contribution in [-0.2, 0) is 0 Å². The molecule has 0 saturated carbocycles. The summed E-state index contributed by atoms with van der Waals surface area (Å²) in [7, 11) is 0. The molecule has 5 heteroatoms. The van der Waals surface area contributed by atoms with Crippen molar-refractivity contribution in [2.45, 2.75) is 19.9 Å². The quantitative estimate of drug-likeness (QED) is 0.595. The lowest BCUT2D eigenvalue weighted by atomic mass is 10.1. The molecular weight excluding hydrogens is 336 g/mol. The van der Waals surface area contributed by atoms with Gasteiger partial charge in [-0.3, -0.25) is 14.3 Å². The molecule has 0 radical (unpaired) electrons. The smallest absolute Gasteiger partial charge is 0.251 e. The van der Waals surface area contributed by atoms with Crippen molar-refractivity contribution in [2.24, 2.45) is 0 Å². The zero-order chi connectivity index (χ0) is 18.8. The maximum Gasteiger partial charge on any atom is 0.251 e. The first-order chi connectivity index (χ1) is 13.1. The van der Waals surface area contributed by atoms with Crippen LogP contribution < -0.4 is 5.32 Å². The van der Waals surface area contributed by atoms with Gasteiger partial charge in [0.2, 0.25) is 0 Å². The van der Waals surface area contributed by atoms with E-state index in [1.807, 2.05) is 74.5 Å². The number of aryl methyl sites for hydroxylation is 1. The molecule has 0 aliphatic carbocycles. The Balaban J connectivity index is 1.63. The Morgan fingerprint density at radius 2 is 1.78 bits per heavy atom. The van der Waals surface area contributed by atoms with Gasteiger partial charge < -0.3 is 5.32 Å². The minimum absolute atomic E-state index is 0.0974. The molecule has 0 saturated heterocycles. The maximum absolute atomic E-state index is 12.7. The van der Waals surface area contributed by atoms with Crippen LogP contribution in [0.5, 0.6) is 0 Å². The number of pyridine rings is 1. The molecule has 0 aliphatic heterocycles. The topological polar surface area (TPSA) is 59.8 Å². The number of fused-ring (bicyclic) bond motifs is 1. The fraction of sp³-hybridized carbons (Fsp3) is 0.136. The number of hydrogen-bond donors (Lipinski definition) is 1. The molecule has 134 valence electrons. The van der Waals surface area contributed by atoms with E-state index in [1.54, 1.807) is 12.4 Å². The van der Waals surface area contributed by atoms with Crippen molar-refractivity contribution >= 4 is 16.9 Å². The van der Waals surface area contributed by atoms with Crippen LogP contribution in [0, 0.1) is 6.92 Å². The van der Waals surface area contributed by atoms with E-state index < -0.39 is 0 Å². The third kappa shape index (κ3) is 3.31. The molecule has 1 N–H and O–H groups in total. The van der Waals surface area contributed by atoms with E-state index >= 15 is 0 Å². The third-order valence-corrected chi connectivity index (χ3v) is 4.65. The van der Waals surface area contributed by atoms with Crippen molar-refractivity contribution in [3.63, 3.8) is 0 Å². The Hall–Kier alpha value is -3.47. The van der Waals surface area contributed by atoms with Crippen LogP contribution in [0.1, 0.15) is 34.7 Å². The van der Waals surface area contributed by atoms with Gasteiger partial charge in [-0.1, -0.05) is 18.2 Å². The van der Waals surface area contributed by atoms with Crippen molar-refractivity contribution in [3.05, 3.63) is 90.0 Å². The minimum atomic E-state index is -0.117. The number of para-hydroxylation sites is 1. The first-order valence-electron chi connectivity index (χ1n) is 8.89. The van der Waals surface area contributed by atoms with Gasteiger partial charge in [0.25, 0.3) is 5.91 Å². The van der Waals surface area contributed by atoms with E-state index in [9.17, 15) is 4.79 Å². The molecule has 2 aromatic carbocycles. The van der Waals surface area contributed by atoms with E-state index in [4.69, 9.17) is 0 Å². The second-order valence-corrected chi connectivity index (χ2v) is 6.51. The van der Waals surface area contributed by atoms with Gasteiger partial charge in [-0.15, -0.1) is 0 Å². The number of hydrogen-bond acceptors (Lipinski definition) is 3. The Morgan fingerprint density at radius 3 is 2.52 bits per heavy atom. The third-order valence-electron chi connectivity index (χ3n) is 4.65. The number of nitrogens with one attached hydrogen (secondary N) is 1. The summed E-state index contributed by atoms with van der Waals surface area (Å²) in [5.41, 5.74) is 4.46. The normalized spacial score (nSPS) is 12.1. The minimum Gasteiger partial charge on any atom is -0.346 e. The van der Waals surface area contributed by atoms with Gasteiger partial charge in [-0.2, -0.15) is 0 Å². The highest BCUT2D eigenvalue weighted by atomic mass is 16.1. The van der Waals surface area contributed by atoms with Crippen LogP contribution in [0.25, 0.3) is 16.7 Å². The molecule has 0 aliphatic rings. The van der Waals surface area contributed by atoms with Crippen molar-refractivity contribution in [3.8, 4) is 5.69 Å². The largest absolute Gasteiger partial charge is 0.346 e. The number of aromatic nitrogens is 3. The standard InChI is InChI=1S/C22H20N4O/c1-15(17-10-12-23-13-11-17)24-22(27)18-8-9-21-20(14-18)25-16(2)26(21)19-6-4-3-5-7-19/h3-15H,1-2H3,(H,24,27). The summed E-state index contributed by atoms with van der Waals surface area (Å²) >= 11 is 0. The average Bonchev–Trinajstić information content (AvgIpc) is 3.04. The molecule has 1 amide bonds. The number of imidazole rings is 1. The molecule has 0 bridgehead atoms. The second kappa shape index (κ2) is 7.03. The lowest BCUT2D eigenvalue weighted by molar-refractivity contribution is 0.0940. The van der Waals surface area contributed by atoms with Crippen molar-refractivity contribution in [1.82, 2.24) is 19.9 Å². The summed E-state index contributed by atoms with van der Waals surface area (Å²) < 4.78 is 2.09. The molecule has 2 aromatic heterocycles. The van der Waals surface area contributed by atoms with Gasteiger partial charge in [0.05, 0.1) is 17.1 Å². The number of nitrogens with zero attached hydrogens (tertiary/aromatic N) is 3. The Morgan fingerprint density at radius 1 is 1.04 bits per heavy atom. The number of carbonyl (C=O) groups is 1. The highest BCUT2D eigenvalue weighted by molar-refractivity contribution is 5.97. The average molecular weight is 356 g/mol. The summed E-state index contributed by atoms with van der Waals surface area (Å²) in [4.78, 5) is 21.3. The van der Waals surface area contributed by atoms with Gasteiger partial charge in [0.1, 0.15) is 5.82 Å². The first kappa shape index (κ1) is 17.0. The number of benzene rings is 2. The molecule has 4 rings (SSSR count). The molecule has 5 nitrogen and oxygen atoms in total. The maximum atomic E-state index is 12.7. The SMILES string of the molecule is Cc1nc2cc(C(=O)NC(C)c3ccncc3)ccc2n1-c1ccccc1. The van der Waals surface area contributed by atoms with E-state index in [0.717, 1.165) is 28.1 Å². The molecule has 27 heavy (non-hydrogen) atoms. The second-order valence-electron chi connectivity index (χ2n) is 6.51. The molecular formula is C22H20N4O. The van der Waals surface area contributed by atoms with Crippen molar-refractivity contribution < 1.29 is 4.79 Å². The van der Waals surface area contributed by atoms with Crippen LogP contribution in [0.2, 0.25) is 0 Å². The number of rotatable bonds is 4. The van der Waals surface area contributed by atoms with Gasteiger partial charge >= 0.3 is 0 Å². The van der Waals surface area contributed by atoms with Gasteiger partial charge in [-0.05, 0) is 61.9 Å². The van der Waals surface area contributed by atoms with Gasteiger partial charge in [0.15, 0.2) is 0 Å². The van der Waals surface area contributed by atoms with E-state index in [1.165, 1.54) is 0 Å². The lowest BCUT2D eigenvalue weighted by Gasteiger charge is -2.14. The summed E-state index contributed by atoms with van der Waals surface area (Å²) in [5.74, 6) is 0.770.